The van der Waals surface area contributed by atoms with Crippen molar-refractivity contribution in [3.05, 3.63) is 59.9 Å². The van der Waals surface area contributed by atoms with Crippen molar-refractivity contribution in [3.8, 4) is 5.75 Å². The number of nitrogens with one attached hydrogen (secondary N) is 2. The third-order valence-corrected chi connectivity index (χ3v) is 6.53. The third-order valence-electron chi connectivity index (χ3n) is 6.53. The van der Waals surface area contributed by atoms with Gasteiger partial charge in [0.1, 0.15) is 17.6 Å². The number of hydrogen-bond donors (Lipinski definition) is 2. The topological polar surface area (TPSA) is 97.0 Å². The van der Waals surface area contributed by atoms with Crippen molar-refractivity contribution in [1.82, 2.24) is 10.2 Å². The van der Waals surface area contributed by atoms with E-state index in [-0.39, 0.29) is 31.0 Å². The maximum Gasteiger partial charge on any atom is 0.324 e. The summed E-state index contributed by atoms with van der Waals surface area (Å²) in [6, 6.07) is 12.3. The Bertz CT molecular complexity index is 1050. The number of urea groups is 1. The monoisotopic (exact) mass is 469 g/mol. The van der Waals surface area contributed by atoms with E-state index < -0.39 is 29.2 Å². The molecule has 4 rings (SSSR count). The van der Waals surface area contributed by atoms with Crippen molar-refractivity contribution in [1.29, 1.82) is 0 Å². The lowest BCUT2D eigenvalue weighted by Crippen LogP contribution is -2.47. The molecule has 0 aliphatic carbocycles. The van der Waals surface area contributed by atoms with Gasteiger partial charge in [-0.05, 0) is 49.1 Å². The number of methoxy groups -OCH3 is 1. The molecule has 1 atom stereocenters. The minimum absolute atomic E-state index is 0.0314. The number of para-hydroxylation sites is 1. The number of halogens is 1. The molecule has 2 saturated heterocycles. The Morgan fingerprint density at radius 3 is 2.56 bits per heavy atom. The van der Waals surface area contributed by atoms with Crippen LogP contribution < -0.4 is 15.4 Å². The molecule has 0 bridgehead atoms. The van der Waals surface area contributed by atoms with E-state index in [1.54, 1.807) is 13.2 Å². The number of amides is 4. The van der Waals surface area contributed by atoms with Gasteiger partial charge >= 0.3 is 6.03 Å². The standard InChI is InChI=1S/C25H28FN3O5/c1-33-18-8-6-17(7-9-18)25(12-14-34-15-13-25)16-29-23(31)21(28-24(29)32)10-11-22(30)27-20-5-3-2-4-19(20)26/h2-9,21H,10-16H2,1H3,(H,27,30)(H,28,32)/t21-/m0/s1. The Morgan fingerprint density at radius 2 is 1.88 bits per heavy atom. The largest absolute Gasteiger partial charge is 0.497 e. The third kappa shape index (κ3) is 5.04. The van der Waals surface area contributed by atoms with E-state index in [1.807, 2.05) is 24.3 Å². The molecule has 0 spiro atoms. The molecule has 9 heteroatoms. The van der Waals surface area contributed by atoms with Crippen LogP contribution in [0.4, 0.5) is 14.9 Å². The summed E-state index contributed by atoms with van der Waals surface area (Å²) in [6.07, 6.45) is 1.44. The van der Waals surface area contributed by atoms with Crippen LogP contribution in [0.3, 0.4) is 0 Å². The summed E-state index contributed by atoms with van der Waals surface area (Å²) in [7, 11) is 1.60. The maximum absolute atomic E-state index is 13.7. The highest BCUT2D eigenvalue weighted by molar-refractivity contribution is 6.04. The van der Waals surface area contributed by atoms with Gasteiger partial charge in [0.25, 0.3) is 5.91 Å². The van der Waals surface area contributed by atoms with Crippen molar-refractivity contribution in [3.63, 3.8) is 0 Å². The molecule has 2 fully saturated rings. The lowest BCUT2D eigenvalue weighted by molar-refractivity contribution is -0.128. The Morgan fingerprint density at radius 1 is 1.18 bits per heavy atom. The second-order valence-corrected chi connectivity index (χ2v) is 8.61. The van der Waals surface area contributed by atoms with Gasteiger partial charge in [-0.1, -0.05) is 24.3 Å². The molecular formula is C25H28FN3O5. The first-order valence-corrected chi connectivity index (χ1v) is 11.3. The zero-order chi connectivity index (χ0) is 24.1. The molecule has 2 N–H and O–H groups in total. The number of carbonyl (C=O) groups is 3. The summed E-state index contributed by atoms with van der Waals surface area (Å²) in [5, 5.41) is 5.19. The smallest absolute Gasteiger partial charge is 0.324 e. The molecule has 180 valence electrons. The first-order valence-electron chi connectivity index (χ1n) is 11.3. The van der Waals surface area contributed by atoms with Crippen LogP contribution in [0, 0.1) is 5.82 Å². The van der Waals surface area contributed by atoms with Gasteiger partial charge in [0.05, 0.1) is 12.8 Å². The molecule has 0 aromatic heterocycles. The molecule has 34 heavy (non-hydrogen) atoms. The molecule has 0 saturated carbocycles. The summed E-state index contributed by atoms with van der Waals surface area (Å²) >= 11 is 0. The van der Waals surface area contributed by atoms with Crippen molar-refractivity contribution in [2.24, 2.45) is 0 Å². The van der Waals surface area contributed by atoms with E-state index >= 15 is 0 Å². The fraction of sp³-hybridized carbons (Fsp3) is 0.400. The van der Waals surface area contributed by atoms with Gasteiger partial charge in [-0.15, -0.1) is 0 Å². The maximum atomic E-state index is 13.7. The normalized spacial score (nSPS) is 19.6. The van der Waals surface area contributed by atoms with E-state index in [0.717, 1.165) is 11.3 Å². The van der Waals surface area contributed by atoms with Crippen molar-refractivity contribution < 1.29 is 28.2 Å². The number of nitrogens with zero attached hydrogens (tertiary/aromatic N) is 1. The Kier molecular flexibility index (Phi) is 7.12. The number of anilines is 1. The molecule has 2 aliphatic heterocycles. The van der Waals surface area contributed by atoms with Gasteiger partial charge in [0.15, 0.2) is 0 Å². The quantitative estimate of drug-likeness (QED) is 0.579. The van der Waals surface area contributed by atoms with E-state index in [4.69, 9.17) is 9.47 Å². The number of hydrogen-bond acceptors (Lipinski definition) is 5. The van der Waals surface area contributed by atoms with Gasteiger partial charge in [-0.2, -0.15) is 0 Å². The van der Waals surface area contributed by atoms with Crippen LogP contribution in [0.1, 0.15) is 31.2 Å². The molecule has 4 amide bonds. The van der Waals surface area contributed by atoms with Crippen LogP contribution in [-0.4, -0.2) is 55.7 Å². The van der Waals surface area contributed by atoms with E-state index in [0.29, 0.717) is 26.1 Å². The van der Waals surface area contributed by atoms with Crippen molar-refractivity contribution >= 4 is 23.5 Å². The number of carbonyl (C=O) groups excluding carboxylic acids is 3. The average Bonchev–Trinajstić information content (AvgIpc) is 3.12. The van der Waals surface area contributed by atoms with Crippen molar-refractivity contribution in [2.45, 2.75) is 37.1 Å². The first-order chi connectivity index (χ1) is 16.4. The van der Waals surface area contributed by atoms with Gasteiger partial charge in [0.2, 0.25) is 5.91 Å². The van der Waals surface area contributed by atoms with E-state index in [2.05, 4.69) is 10.6 Å². The number of rotatable bonds is 8. The SMILES string of the molecule is COc1ccc(C2(CN3C(=O)N[C@@H](CCC(=O)Nc4ccccc4F)C3=O)CCOCC2)cc1. The van der Waals surface area contributed by atoms with Crippen LogP contribution in [0.25, 0.3) is 0 Å². The zero-order valence-electron chi connectivity index (χ0n) is 19.0. The van der Waals surface area contributed by atoms with Gasteiger partial charge < -0.3 is 20.1 Å². The Hall–Kier alpha value is -3.46. The minimum atomic E-state index is -0.799. The lowest BCUT2D eigenvalue weighted by atomic mass is 9.73. The molecule has 8 nitrogen and oxygen atoms in total. The summed E-state index contributed by atoms with van der Waals surface area (Å²) in [6.45, 7) is 1.30. The number of benzene rings is 2. The number of ether oxygens (including phenoxy) is 2. The fourth-order valence-electron chi connectivity index (χ4n) is 4.52. The fourth-order valence-corrected chi connectivity index (χ4v) is 4.52. The van der Waals surface area contributed by atoms with Gasteiger partial charge in [-0.3, -0.25) is 14.5 Å². The molecule has 2 aliphatic rings. The Balaban J connectivity index is 1.41. The van der Waals surface area contributed by atoms with Crippen LogP contribution in [0.15, 0.2) is 48.5 Å². The van der Waals surface area contributed by atoms with Crippen LogP contribution in [0.2, 0.25) is 0 Å². The molecule has 2 aromatic carbocycles. The van der Waals surface area contributed by atoms with E-state index in [9.17, 15) is 18.8 Å². The number of imide groups is 1. The second-order valence-electron chi connectivity index (χ2n) is 8.61. The van der Waals surface area contributed by atoms with Crippen LogP contribution in [0.5, 0.6) is 5.75 Å². The lowest BCUT2D eigenvalue weighted by Gasteiger charge is -2.39. The van der Waals surface area contributed by atoms with Gasteiger partial charge in [-0.25, -0.2) is 9.18 Å². The predicted molar refractivity (Wildman–Crippen MR) is 123 cm³/mol. The van der Waals surface area contributed by atoms with Crippen LogP contribution >= 0.6 is 0 Å². The summed E-state index contributed by atoms with van der Waals surface area (Å²) in [5.41, 5.74) is 0.677. The first kappa shape index (κ1) is 23.7. The Labute approximate surface area is 197 Å². The summed E-state index contributed by atoms with van der Waals surface area (Å²) in [4.78, 5) is 39.3. The molecule has 0 unspecified atom stereocenters. The summed E-state index contributed by atoms with van der Waals surface area (Å²) < 4.78 is 24.6. The van der Waals surface area contributed by atoms with Gasteiger partial charge in [0, 0.05) is 31.6 Å². The highest BCUT2D eigenvalue weighted by atomic mass is 19.1. The van der Waals surface area contributed by atoms with Crippen LogP contribution in [-0.2, 0) is 19.7 Å². The second kappa shape index (κ2) is 10.2. The highest BCUT2D eigenvalue weighted by Crippen LogP contribution is 2.37. The highest BCUT2D eigenvalue weighted by Gasteiger charge is 2.44. The summed E-state index contributed by atoms with van der Waals surface area (Å²) in [5.74, 6) is -0.588. The average molecular weight is 470 g/mol. The predicted octanol–water partition coefficient (Wildman–Crippen LogP) is 3.22. The van der Waals surface area contributed by atoms with Crippen molar-refractivity contribution in [2.75, 3.05) is 32.2 Å². The molecule has 0 radical (unpaired) electrons. The van der Waals surface area contributed by atoms with E-state index in [1.165, 1.54) is 23.1 Å². The zero-order valence-corrected chi connectivity index (χ0v) is 19.0. The minimum Gasteiger partial charge on any atom is -0.497 e. The molecular weight excluding hydrogens is 441 g/mol. The molecule has 2 heterocycles. The molecule has 2 aromatic rings.